The predicted molar refractivity (Wildman–Crippen MR) is 94.5 cm³/mol. The lowest BCUT2D eigenvalue weighted by Gasteiger charge is -2.40. The Morgan fingerprint density at radius 2 is 1.76 bits per heavy atom. The number of piperidine rings is 1. The van der Waals surface area contributed by atoms with Crippen LogP contribution in [0.2, 0.25) is 0 Å². The van der Waals surface area contributed by atoms with Crippen LogP contribution in [0, 0.1) is 11.3 Å². The minimum absolute atomic E-state index is 0.494. The zero-order valence-corrected chi connectivity index (χ0v) is 15.2. The van der Waals surface area contributed by atoms with Gasteiger partial charge in [0.05, 0.1) is 0 Å². The van der Waals surface area contributed by atoms with Gasteiger partial charge in [0.25, 0.3) is 0 Å². The van der Waals surface area contributed by atoms with Crippen molar-refractivity contribution in [1.82, 2.24) is 10.2 Å². The first-order valence-corrected chi connectivity index (χ1v) is 8.97. The molecule has 0 amide bonds. The Hall–Kier alpha value is -0.500. The molecule has 0 aliphatic carbocycles. The molecule has 1 N–H and O–H groups in total. The lowest BCUT2D eigenvalue weighted by atomic mass is 9.76. The molecule has 2 heteroatoms. The van der Waals surface area contributed by atoms with Gasteiger partial charge in [0.1, 0.15) is 0 Å². The highest BCUT2D eigenvalue weighted by Gasteiger charge is 2.29. The summed E-state index contributed by atoms with van der Waals surface area (Å²) in [6.45, 7) is 19.2. The number of nitrogens with one attached hydrogen (secondary N) is 1. The Morgan fingerprint density at radius 1 is 1.14 bits per heavy atom. The smallest absolute Gasteiger partial charge is 0.0375 e. The van der Waals surface area contributed by atoms with E-state index in [-0.39, 0.29) is 0 Å². The molecule has 2 nitrogen and oxygen atoms in total. The fourth-order valence-electron chi connectivity index (χ4n) is 3.33. The molecule has 1 heterocycles. The maximum absolute atomic E-state index is 4.15. The second-order valence-corrected chi connectivity index (χ2v) is 8.13. The van der Waals surface area contributed by atoms with Crippen molar-refractivity contribution in [2.45, 2.75) is 79.2 Å². The lowest BCUT2D eigenvalue weighted by molar-refractivity contribution is 0.113. The van der Waals surface area contributed by atoms with Gasteiger partial charge in [0.15, 0.2) is 0 Å². The number of likely N-dealkylation sites (tertiary alicyclic amines) is 1. The van der Waals surface area contributed by atoms with Crippen molar-refractivity contribution in [2.75, 3.05) is 19.6 Å². The molecule has 0 unspecified atom stereocenters. The van der Waals surface area contributed by atoms with Crippen LogP contribution >= 0.6 is 0 Å². The van der Waals surface area contributed by atoms with Gasteiger partial charge in [-0.3, -0.25) is 4.90 Å². The molecule has 1 saturated heterocycles. The summed E-state index contributed by atoms with van der Waals surface area (Å²) in [5, 5.41) is 3.43. The summed E-state index contributed by atoms with van der Waals surface area (Å²) in [6.07, 6.45) is 8.33. The van der Waals surface area contributed by atoms with E-state index in [9.17, 15) is 0 Å². The van der Waals surface area contributed by atoms with E-state index < -0.39 is 0 Å². The summed E-state index contributed by atoms with van der Waals surface area (Å²) in [5.41, 5.74) is 1.76. The minimum atomic E-state index is 0.494. The normalized spacial score (nSPS) is 19.2. The zero-order chi connectivity index (χ0) is 15.9. The third kappa shape index (κ3) is 7.90. The summed E-state index contributed by atoms with van der Waals surface area (Å²) >= 11 is 0. The average molecular weight is 295 g/mol. The predicted octanol–water partition coefficient (Wildman–Crippen LogP) is 4.82. The summed E-state index contributed by atoms with van der Waals surface area (Å²) in [7, 11) is 0. The van der Waals surface area contributed by atoms with Gasteiger partial charge in [-0.05, 0) is 57.5 Å². The SMILES string of the molecule is C=C(CN1CCC(C)(CCCCC(C)C)CC1)NC(C)C. The van der Waals surface area contributed by atoms with Crippen LogP contribution in [0.25, 0.3) is 0 Å². The van der Waals surface area contributed by atoms with Gasteiger partial charge in [-0.2, -0.15) is 0 Å². The number of nitrogens with zero attached hydrogens (tertiary/aromatic N) is 1. The van der Waals surface area contributed by atoms with Crippen molar-refractivity contribution in [1.29, 1.82) is 0 Å². The van der Waals surface area contributed by atoms with E-state index in [0.29, 0.717) is 11.5 Å². The maximum Gasteiger partial charge on any atom is 0.0375 e. The van der Waals surface area contributed by atoms with E-state index >= 15 is 0 Å². The van der Waals surface area contributed by atoms with Crippen LogP contribution < -0.4 is 5.32 Å². The highest BCUT2D eigenvalue weighted by atomic mass is 15.1. The fourth-order valence-corrected chi connectivity index (χ4v) is 3.33. The second-order valence-electron chi connectivity index (χ2n) is 8.13. The standard InChI is InChI=1S/C19H38N2/c1-16(2)9-7-8-10-19(6)11-13-21(14-12-19)15-18(5)20-17(3)4/h16-17,20H,5,7-15H2,1-4,6H3. The molecule has 0 saturated carbocycles. The van der Waals surface area contributed by atoms with Crippen LogP contribution in [0.4, 0.5) is 0 Å². The van der Waals surface area contributed by atoms with Gasteiger partial charge in [-0.1, -0.05) is 46.6 Å². The van der Waals surface area contributed by atoms with Crippen LogP contribution in [0.3, 0.4) is 0 Å². The maximum atomic E-state index is 4.15. The van der Waals surface area contributed by atoms with Gasteiger partial charge >= 0.3 is 0 Å². The Balaban J connectivity index is 2.22. The number of hydrogen-bond donors (Lipinski definition) is 1. The van der Waals surface area contributed by atoms with Crippen molar-refractivity contribution in [3.05, 3.63) is 12.3 Å². The summed E-state index contributed by atoms with van der Waals surface area (Å²) in [6, 6.07) is 0.494. The van der Waals surface area contributed by atoms with E-state index in [0.717, 1.165) is 12.5 Å². The molecule has 1 aliphatic heterocycles. The first-order chi connectivity index (χ1) is 9.81. The van der Waals surface area contributed by atoms with Gasteiger partial charge in [-0.15, -0.1) is 0 Å². The topological polar surface area (TPSA) is 15.3 Å². The van der Waals surface area contributed by atoms with Gasteiger partial charge in [0.2, 0.25) is 0 Å². The number of hydrogen-bond acceptors (Lipinski definition) is 2. The molecule has 0 aromatic rings. The summed E-state index contributed by atoms with van der Waals surface area (Å²) in [4.78, 5) is 2.56. The molecule has 124 valence electrons. The molecular formula is C19H38N2. The fraction of sp³-hybridized carbons (Fsp3) is 0.895. The van der Waals surface area contributed by atoms with E-state index in [1.165, 1.54) is 57.3 Å². The first kappa shape index (κ1) is 18.5. The first-order valence-electron chi connectivity index (χ1n) is 8.97. The Morgan fingerprint density at radius 3 is 2.29 bits per heavy atom. The molecule has 0 bridgehead atoms. The molecule has 1 aliphatic rings. The molecule has 0 spiro atoms. The largest absolute Gasteiger partial charge is 0.386 e. The average Bonchev–Trinajstić information content (AvgIpc) is 2.37. The van der Waals surface area contributed by atoms with E-state index in [2.05, 4.69) is 51.4 Å². The van der Waals surface area contributed by atoms with Crippen LogP contribution in [-0.4, -0.2) is 30.6 Å². The minimum Gasteiger partial charge on any atom is -0.386 e. The molecule has 0 aromatic carbocycles. The van der Waals surface area contributed by atoms with Crippen LogP contribution in [0.1, 0.15) is 73.1 Å². The Bertz CT molecular complexity index is 299. The number of unbranched alkanes of at least 4 members (excludes halogenated alkanes) is 1. The third-order valence-electron chi connectivity index (χ3n) is 4.78. The molecule has 0 radical (unpaired) electrons. The van der Waals surface area contributed by atoms with Gasteiger partial charge in [0, 0.05) is 18.3 Å². The number of rotatable bonds is 9. The van der Waals surface area contributed by atoms with Gasteiger partial charge < -0.3 is 5.32 Å². The monoisotopic (exact) mass is 294 g/mol. The molecule has 0 aromatic heterocycles. The van der Waals surface area contributed by atoms with Crippen LogP contribution in [0.15, 0.2) is 12.3 Å². The third-order valence-corrected chi connectivity index (χ3v) is 4.78. The highest BCUT2D eigenvalue weighted by Crippen LogP contribution is 2.36. The van der Waals surface area contributed by atoms with Crippen molar-refractivity contribution in [3.8, 4) is 0 Å². The second kappa shape index (κ2) is 8.82. The Labute approximate surface area is 133 Å². The van der Waals surface area contributed by atoms with E-state index in [1.54, 1.807) is 0 Å². The molecular weight excluding hydrogens is 256 g/mol. The molecule has 1 rings (SSSR count). The molecule has 21 heavy (non-hydrogen) atoms. The quantitative estimate of drug-likeness (QED) is 0.614. The van der Waals surface area contributed by atoms with E-state index in [1.807, 2.05) is 0 Å². The van der Waals surface area contributed by atoms with Crippen LogP contribution in [0.5, 0.6) is 0 Å². The zero-order valence-electron chi connectivity index (χ0n) is 15.2. The van der Waals surface area contributed by atoms with E-state index in [4.69, 9.17) is 0 Å². The Kier molecular flexibility index (Phi) is 7.79. The van der Waals surface area contributed by atoms with Crippen molar-refractivity contribution in [3.63, 3.8) is 0 Å². The molecule has 1 fully saturated rings. The summed E-state index contributed by atoms with van der Waals surface area (Å²) < 4.78 is 0. The highest BCUT2D eigenvalue weighted by molar-refractivity contribution is 4.97. The van der Waals surface area contributed by atoms with Crippen molar-refractivity contribution in [2.24, 2.45) is 11.3 Å². The summed E-state index contributed by atoms with van der Waals surface area (Å²) in [5.74, 6) is 0.860. The van der Waals surface area contributed by atoms with Crippen molar-refractivity contribution >= 4 is 0 Å². The molecule has 0 atom stereocenters. The van der Waals surface area contributed by atoms with Crippen molar-refractivity contribution < 1.29 is 0 Å². The van der Waals surface area contributed by atoms with Crippen LogP contribution in [-0.2, 0) is 0 Å². The van der Waals surface area contributed by atoms with Gasteiger partial charge in [-0.25, -0.2) is 0 Å². The lowest BCUT2D eigenvalue weighted by Crippen LogP contribution is -2.41.